The number of nitrogens with one attached hydrogen (secondary N) is 2. The highest BCUT2D eigenvalue weighted by molar-refractivity contribution is 5.70. The van der Waals surface area contributed by atoms with E-state index in [0.29, 0.717) is 23.7 Å². The van der Waals surface area contributed by atoms with Crippen LogP contribution in [0.5, 0.6) is 11.6 Å². The number of rotatable bonds is 14. The molecule has 8 nitrogen and oxygen atoms in total. The Morgan fingerprint density at radius 2 is 2.09 bits per heavy atom. The lowest BCUT2D eigenvalue weighted by Gasteiger charge is -2.28. The van der Waals surface area contributed by atoms with Crippen LogP contribution in [0.1, 0.15) is 50.2 Å². The highest BCUT2D eigenvalue weighted by Gasteiger charge is 2.20. The number of unbranched alkanes of at least 4 members (excludes halogenated alkanes) is 1. The third kappa shape index (κ3) is 7.40. The van der Waals surface area contributed by atoms with Crippen LogP contribution in [0.2, 0.25) is 0 Å². The quantitative estimate of drug-likeness (QED) is 0.125. The molecule has 184 valence electrons. The van der Waals surface area contributed by atoms with Gasteiger partial charge < -0.3 is 31.2 Å². The standard InChI is InChI=1S/C26H38N6O2/c1-2-3-12-29-14-15-32(19-20-11-13-30-26(16-20)34-22-7-6-8-22)21(18-27)17-24(31-28)23-9-4-5-10-25(23)33/h4-5,9-11,13,16-18,22,29,31,33H,2-3,6-8,12,14-15,19,27-28H2,1H3/b21-18+,24-17-. The molecule has 1 aromatic heterocycles. The van der Waals surface area contributed by atoms with E-state index in [2.05, 4.69) is 27.6 Å². The fraction of sp³-hybridized carbons (Fsp3) is 0.423. The Morgan fingerprint density at radius 3 is 2.76 bits per heavy atom. The summed E-state index contributed by atoms with van der Waals surface area (Å²) in [5.74, 6) is 6.62. The van der Waals surface area contributed by atoms with E-state index in [9.17, 15) is 5.11 Å². The number of pyridine rings is 1. The molecular weight excluding hydrogens is 428 g/mol. The van der Waals surface area contributed by atoms with Gasteiger partial charge in [0.25, 0.3) is 0 Å². The van der Waals surface area contributed by atoms with Crippen LogP contribution in [0, 0.1) is 0 Å². The molecule has 1 aliphatic carbocycles. The number of phenols is 1. The molecule has 34 heavy (non-hydrogen) atoms. The third-order valence-corrected chi connectivity index (χ3v) is 5.96. The second-order valence-corrected chi connectivity index (χ2v) is 8.51. The maximum Gasteiger partial charge on any atom is 0.213 e. The number of allylic oxidation sites excluding steroid dienone is 1. The maximum absolute atomic E-state index is 10.3. The number of hydrazine groups is 1. The summed E-state index contributed by atoms with van der Waals surface area (Å²) in [7, 11) is 0. The molecule has 8 heteroatoms. The summed E-state index contributed by atoms with van der Waals surface area (Å²) in [6, 6.07) is 11.0. The summed E-state index contributed by atoms with van der Waals surface area (Å²) in [4.78, 5) is 6.56. The Labute approximate surface area is 202 Å². The van der Waals surface area contributed by atoms with Gasteiger partial charge in [0.05, 0.1) is 11.4 Å². The summed E-state index contributed by atoms with van der Waals surface area (Å²) in [5.41, 5.74) is 11.8. The number of nitrogens with two attached hydrogens (primary N) is 2. The number of aromatic hydroxyl groups is 1. The van der Waals surface area contributed by atoms with Gasteiger partial charge in [0, 0.05) is 43.7 Å². The molecule has 0 amide bonds. The molecular formula is C26H38N6O2. The van der Waals surface area contributed by atoms with Crippen molar-refractivity contribution in [3.05, 3.63) is 71.7 Å². The molecule has 1 aliphatic rings. The largest absolute Gasteiger partial charge is 0.507 e. The van der Waals surface area contributed by atoms with E-state index >= 15 is 0 Å². The van der Waals surface area contributed by atoms with Crippen molar-refractivity contribution in [1.82, 2.24) is 20.6 Å². The van der Waals surface area contributed by atoms with Crippen LogP contribution in [-0.4, -0.2) is 40.7 Å². The number of aromatic nitrogens is 1. The smallest absolute Gasteiger partial charge is 0.213 e. The van der Waals surface area contributed by atoms with Gasteiger partial charge >= 0.3 is 0 Å². The van der Waals surface area contributed by atoms with E-state index in [0.717, 1.165) is 56.6 Å². The van der Waals surface area contributed by atoms with Crippen LogP contribution in [-0.2, 0) is 6.54 Å². The molecule has 3 rings (SSSR count). The van der Waals surface area contributed by atoms with Gasteiger partial charge in [-0.1, -0.05) is 25.5 Å². The van der Waals surface area contributed by atoms with Gasteiger partial charge in [0.1, 0.15) is 11.9 Å². The lowest BCUT2D eigenvalue weighted by atomic mass is 9.96. The monoisotopic (exact) mass is 466 g/mol. The SMILES string of the molecule is CCCCNCCN(Cc1ccnc(OC2CCC2)c1)C(/C=C(\NN)c1ccccc1O)=C/N. The van der Waals surface area contributed by atoms with Gasteiger partial charge in [-0.05, 0) is 62.1 Å². The number of phenolic OH excluding ortho intramolecular Hbond substituents is 1. The number of benzene rings is 1. The fourth-order valence-corrected chi connectivity index (χ4v) is 3.72. The molecule has 0 unspecified atom stereocenters. The molecule has 0 spiro atoms. The molecule has 1 heterocycles. The first-order valence-electron chi connectivity index (χ1n) is 12.1. The highest BCUT2D eigenvalue weighted by atomic mass is 16.5. The van der Waals surface area contributed by atoms with Crippen molar-refractivity contribution in [2.45, 2.75) is 51.7 Å². The normalized spacial score (nSPS) is 14.5. The average molecular weight is 467 g/mol. The van der Waals surface area contributed by atoms with E-state index in [1.54, 1.807) is 30.6 Å². The molecule has 0 saturated heterocycles. The summed E-state index contributed by atoms with van der Waals surface area (Å²) in [6.07, 6.45) is 11.2. The van der Waals surface area contributed by atoms with Crippen LogP contribution < -0.4 is 27.1 Å². The number of nitrogens with zero attached hydrogens (tertiary/aromatic N) is 2. The van der Waals surface area contributed by atoms with Crippen molar-refractivity contribution in [3.8, 4) is 11.6 Å². The Bertz CT molecular complexity index is 958. The summed E-state index contributed by atoms with van der Waals surface area (Å²) < 4.78 is 5.99. The lowest BCUT2D eigenvalue weighted by molar-refractivity contribution is 0.114. The van der Waals surface area contributed by atoms with Crippen LogP contribution >= 0.6 is 0 Å². The second-order valence-electron chi connectivity index (χ2n) is 8.51. The zero-order valence-electron chi connectivity index (χ0n) is 20.0. The molecule has 0 bridgehead atoms. The predicted octanol–water partition coefficient (Wildman–Crippen LogP) is 3.21. The van der Waals surface area contributed by atoms with Gasteiger partial charge in [0.2, 0.25) is 5.88 Å². The predicted molar refractivity (Wildman–Crippen MR) is 136 cm³/mol. The molecule has 0 aliphatic heterocycles. The van der Waals surface area contributed by atoms with Crippen LogP contribution in [0.15, 0.2) is 60.6 Å². The van der Waals surface area contributed by atoms with Gasteiger partial charge in [-0.3, -0.25) is 5.84 Å². The van der Waals surface area contributed by atoms with E-state index in [1.165, 1.54) is 6.42 Å². The first-order chi connectivity index (χ1) is 16.6. The van der Waals surface area contributed by atoms with Crippen LogP contribution in [0.25, 0.3) is 5.70 Å². The van der Waals surface area contributed by atoms with Gasteiger partial charge in [0.15, 0.2) is 0 Å². The van der Waals surface area contributed by atoms with Crippen molar-refractivity contribution >= 4 is 5.70 Å². The topological polar surface area (TPSA) is 122 Å². The van der Waals surface area contributed by atoms with Gasteiger partial charge in [-0.15, -0.1) is 0 Å². The van der Waals surface area contributed by atoms with Crippen molar-refractivity contribution in [1.29, 1.82) is 0 Å². The van der Waals surface area contributed by atoms with Crippen molar-refractivity contribution in [2.24, 2.45) is 11.6 Å². The minimum Gasteiger partial charge on any atom is -0.507 e. The van der Waals surface area contributed by atoms with Gasteiger partial charge in [-0.2, -0.15) is 0 Å². The Balaban J connectivity index is 1.80. The Hall–Kier alpha value is -3.23. The molecule has 1 aromatic carbocycles. The zero-order chi connectivity index (χ0) is 24.2. The van der Waals surface area contributed by atoms with Crippen molar-refractivity contribution in [2.75, 3.05) is 19.6 Å². The minimum absolute atomic E-state index is 0.141. The molecule has 0 atom stereocenters. The van der Waals surface area contributed by atoms with Crippen molar-refractivity contribution in [3.63, 3.8) is 0 Å². The van der Waals surface area contributed by atoms with Gasteiger partial charge in [-0.25, -0.2) is 4.98 Å². The highest BCUT2D eigenvalue weighted by Crippen LogP contribution is 2.26. The Morgan fingerprint density at radius 1 is 1.26 bits per heavy atom. The first kappa shape index (κ1) is 25.4. The molecule has 1 fully saturated rings. The Kier molecular flexibility index (Phi) is 10.1. The van der Waals surface area contributed by atoms with Crippen LogP contribution in [0.4, 0.5) is 0 Å². The van der Waals surface area contributed by atoms with E-state index in [1.807, 2.05) is 24.3 Å². The van der Waals surface area contributed by atoms with Crippen LogP contribution in [0.3, 0.4) is 0 Å². The summed E-state index contributed by atoms with van der Waals surface area (Å²) in [6.45, 7) is 5.33. The fourth-order valence-electron chi connectivity index (χ4n) is 3.72. The average Bonchev–Trinajstić information content (AvgIpc) is 2.82. The summed E-state index contributed by atoms with van der Waals surface area (Å²) in [5, 5.41) is 13.8. The minimum atomic E-state index is 0.141. The zero-order valence-corrected chi connectivity index (χ0v) is 20.0. The third-order valence-electron chi connectivity index (χ3n) is 5.96. The number of ether oxygens (including phenoxy) is 1. The van der Waals surface area contributed by atoms with E-state index in [-0.39, 0.29) is 11.9 Å². The second kappa shape index (κ2) is 13.5. The van der Waals surface area contributed by atoms with E-state index < -0.39 is 0 Å². The number of para-hydroxylation sites is 1. The maximum atomic E-state index is 10.3. The number of hydrogen-bond donors (Lipinski definition) is 5. The van der Waals surface area contributed by atoms with Crippen molar-refractivity contribution < 1.29 is 9.84 Å². The molecule has 2 aromatic rings. The molecule has 7 N–H and O–H groups in total. The first-order valence-corrected chi connectivity index (χ1v) is 12.1. The number of hydrogen-bond acceptors (Lipinski definition) is 8. The van der Waals surface area contributed by atoms with E-state index in [4.69, 9.17) is 16.3 Å². The molecule has 0 radical (unpaired) electrons. The summed E-state index contributed by atoms with van der Waals surface area (Å²) >= 11 is 0. The molecule has 1 saturated carbocycles. The lowest BCUT2D eigenvalue weighted by Crippen LogP contribution is -2.32.